The minimum absolute atomic E-state index is 1.09. The molecule has 0 atom stereocenters. The van der Waals surface area contributed by atoms with Crippen LogP contribution in [0.4, 0.5) is 17.1 Å². The summed E-state index contributed by atoms with van der Waals surface area (Å²) in [6.45, 7) is 6.46. The maximum absolute atomic E-state index is 4.27. The van der Waals surface area contributed by atoms with Crippen molar-refractivity contribution >= 4 is 56.5 Å². The van der Waals surface area contributed by atoms with E-state index in [1.165, 1.54) is 38.4 Å². The van der Waals surface area contributed by atoms with E-state index in [1.807, 2.05) is 6.08 Å². The van der Waals surface area contributed by atoms with Gasteiger partial charge in [-0.1, -0.05) is 110 Å². The van der Waals surface area contributed by atoms with Gasteiger partial charge >= 0.3 is 0 Å². The normalized spacial score (nSPS) is 11.6. The van der Waals surface area contributed by atoms with Crippen molar-refractivity contribution in [3.8, 4) is 5.69 Å². The van der Waals surface area contributed by atoms with Gasteiger partial charge in [-0.2, -0.15) is 0 Å². The van der Waals surface area contributed by atoms with Crippen molar-refractivity contribution in [2.45, 2.75) is 6.92 Å². The number of anilines is 3. The molecule has 0 radical (unpaired) electrons. The average Bonchev–Trinajstić information content (AvgIpc) is 3.38. The first kappa shape index (κ1) is 26.3. The molecule has 0 saturated carbocycles. The zero-order chi connectivity index (χ0) is 29.2. The summed E-state index contributed by atoms with van der Waals surface area (Å²) in [5, 5.41) is 3.65. The van der Waals surface area contributed by atoms with Crippen LogP contribution in [0.25, 0.3) is 45.1 Å². The molecule has 0 N–H and O–H groups in total. The average molecular weight is 553 g/mol. The van der Waals surface area contributed by atoms with Gasteiger partial charge < -0.3 is 9.47 Å². The fourth-order valence-corrected chi connectivity index (χ4v) is 6.07. The van der Waals surface area contributed by atoms with E-state index in [0.29, 0.717) is 0 Å². The van der Waals surface area contributed by atoms with Crippen molar-refractivity contribution in [1.29, 1.82) is 0 Å². The molecule has 0 amide bonds. The van der Waals surface area contributed by atoms with Crippen molar-refractivity contribution in [1.82, 2.24) is 4.57 Å². The second kappa shape index (κ2) is 11.3. The first-order valence-electron chi connectivity index (χ1n) is 14.7. The third-order valence-electron chi connectivity index (χ3n) is 8.12. The Labute approximate surface area is 253 Å². The number of rotatable bonds is 7. The summed E-state index contributed by atoms with van der Waals surface area (Å²) in [7, 11) is 0. The van der Waals surface area contributed by atoms with Crippen molar-refractivity contribution in [3.05, 3.63) is 175 Å². The Balaban J connectivity index is 1.32. The van der Waals surface area contributed by atoms with Gasteiger partial charge in [-0.25, -0.2) is 0 Å². The molecule has 0 aliphatic rings. The van der Waals surface area contributed by atoms with E-state index in [-0.39, 0.29) is 0 Å². The molecule has 0 fully saturated rings. The topological polar surface area (TPSA) is 8.17 Å². The monoisotopic (exact) mass is 552 g/mol. The third kappa shape index (κ3) is 4.83. The zero-order valence-corrected chi connectivity index (χ0v) is 24.2. The fourth-order valence-electron chi connectivity index (χ4n) is 6.07. The lowest BCUT2D eigenvalue weighted by molar-refractivity contribution is 1.12. The van der Waals surface area contributed by atoms with Crippen LogP contribution >= 0.6 is 0 Å². The quantitative estimate of drug-likeness (QED) is 0.191. The number of para-hydroxylation sites is 3. The smallest absolute Gasteiger partial charge is 0.0541 e. The highest BCUT2D eigenvalue weighted by atomic mass is 15.1. The van der Waals surface area contributed by atoms with Gasteiger partial charge in [0.15, 0.2) is 0 Å². The molecule has 0 aliphatic heterocycles. The van der Waals surface area contributed by atoms with Crippen LogP contribution in [-0.4, -0.2) is 4.57 Å². The Hall–Kier alpha value is -5.60. The van der Waals surface area contributed by atoms with Crippen LogP contribution in [0.15, 0.2) is 158 Å². The summed E-state index contributed by atoms with van der Waals surface area (Å²) in [4.78, 5) is 2.29. The molecule has 0 saturated heterocycles. The van der Waals surface area contributed by atoms with Gasteiger partial charge in [-0.15, -0.1) is 0 Å². The molecule has 6 aromatic carbocycles. The highest BCUT2D eigenvalue weighted by molar-refractivity contribution is 6.01. The van der Waals surface area contributed by atoms with Crippen molar-refractivity contribution in [2.75, 3.05) is 4.90 Å². The van der Waals surface area contributed by atoms with E-state index in [1.54, 1.807) is 0 Å². The second-order valence-corrected chi connectivity index (χ2v) is 10.7. The van der Waals surface area contributed by atoms with Gasteiger partial charge in [0.2, 0.25) is 0 Å². The lowest BCUT2D eigenvalue weighted by atomic mass is 10.0. The molecule has 0 bridgehead atoms. The molecule has 0 aliphatic carbocycles. The molecule has 7 rings (SSSR count). The number of hydrogen-bond acceptors (Lipinski definition) is 1. The molecular formula is C41H32N2. The van der Waals surface area contributed by atoms with E-state index < -0.39 is 0 Å². The number of hydrogen-bond donors (Lipinski definition) is 0. The second-order valence-electron chi connectivity index (χ2n) is 10.7. The molecule has 0 spiro atoms. The summed E-state index contributed by atoms with van der Waals surface area (Å²) in [5.41, 5.74) is 10.4. The summed E-state index contributed by atoms with van der Waals surface area (Å²) in [6.07, 6.45) is 4.30. The van der Waals surface area contributed by atoms with E-state index >= 15 is 0 Å². The summed E-state index contributed by atoms with van der Waals surface area (Å²) in [5.74, 6) is 0. The molecule has 2 heteroatoms. The van der Waals surface area contributed by atoms with Gasteiger partial charge in [0.1, 0.15) is 0 Å². The first-order valence-corrected chi connectivity index (χ1v) is 14.7. The maximum Gasteiger partial charge on any atom is 0.0541 e. The Morgan fingerprint density at radius 1 is 0.581 bits per heavy atom. The lowest BCUT2D eigenvalue weighted by Gasteiger charge is -2.25. The van der Waals surface area contributed by atoms with Crippen LogP contribution < -0.4 is 4.90 Å². The number of benzene rings is 6. The largest absolute Gasteiger partial charge is 0.311 e. The molecule has 43 heavy (non-hydrogen) atoms. The highest BCUT2D eigenvalue weighted by Gasteiger charge is 2.17. The Kier molecular flexibility index (Phi) is 6.94. The van der Waals surface area contributed by atoms with E-state index in [4.69, 9.17) is 0 Å². The molecule has 0 unspecified atom stereocenters. The van der Waals surface area contributed by atoms with E-state index in [0.717, 1.165) is 28.4 Å². The van der Waals surface area contributed by atoms with Crippen LogP contribution in [0.1, 0.15) is 23.7 Å². The van der Waals surface area contributed by atoms with Crippen molar-refractivity contribution < 1.29 is 0 Å². The van der Waals surface area contributed by atoms with Gasteiger partial charge in [0, 0.05) is 33.4 Å². The SMILES string of the molecule is C=Cc1c(/C=C(\C)c2ccc(N(c3ccccc3)c3ccccc3)cc2)c2ccccc2n1-c1cccc2ccccc12. The predicted molar refractivity (Wildman–Crippen MR) is 186 cm³/mol. The first-order chi connectivity index (χ1) is 21.2. The standard InChI is InChI=1S/C41H32N2/c1-3-39-38(37-22-12-13-23-41(37)43(39)40-24-14-16-32-15-10-11-21-36(32)40)29-30(2)31-25-27-35(28-26-31)42(33-17-6-4-7-18-33)34-19-8-5-9-20-34/h3-29H,1H2,2H3/b30-29+. The molecular weight excluding hydrogens is 520 g/mol. The number of allylic oxidation sites excluding steroid dienone is 1. The third-order valence-corrected chi connectivity index (χ3v) is 8.12. The molecule has 1 aromatic heterocycles. The Bertz CT molecular complexity index is 2040. The number of aromatic nitrogens is 1. The Morgan fingerprint density at radius 2 is 1.14 bits per heavy atom. The van der Waals surface area contributed by atoms with Gasteiger partial charge in [-0.05, 0) is 84.1 Å². The van der Waals surface area contributed by atoms with Crippen LogP contribution in [0.3, 0.4) is 0 Å². The minimum Gasteiger partial charge on any atom is -0.311 e. The van der Waals surface area contributed by atoms with Gasteiger partial charge in [-0.3, -0.25) is 0 Å². The highest BCUT2D eigenvalue weighted by Crippen LogP contribution is 2.37. The minimum atomic E-state index is 1.09. The predicted octanol–water partition coefficient (Wildman–Crippen LogP) is 11.5. The van der Waals surface area contributed by atoms with Gasteiger partial charge in [0.25, 0.3) is 0 Å². The lowest BCUT2D eigenvalue weighted by Crippen LogP contribution is -2.09. The van der Waals surface area contributed by atoms with Crippen molar-refractivity contribution in [3.63, 3.8) is 0 Å². The number of nitrogens with zero attached hydrogens (tertiary/aromatic N) is 2. The zero-order valence-electron chi connectivity index (χ0n) is 24.2. The molecule has 2 nitrogen and oxygen atoms in total. The van der Waals surface area contributed by atoms with Crippen molar-refractivity contribution in [2.24, 2.45) is 0 Å². The van der Waals surface area contributed by atoms with Gasteiger partial charge in [0.05, 0.1) is 16.9 Å². The van der Waals surface area contributed by atoms with E-state index in [2.05, 4.69) is 181 Å². The molecule has 7 aromatic rings. The van der Waals surface area contributed by atoms with Crippen LogP contribution in [-0.2, 0) is 0 Å². The van der Waals surface area contributed by atoms with E-state index in [9.17, 15) is 0 Å². The summed E-state index contributed by atoms with van der Waals surface area (Å²) < 4.78 is 2.35. The molecule has 1 heterocycles. The summed E-state index contributed by atoms with van der Waals surface area (Å²) >= 11 is 0. The fraction of sp³-hybridized carbons (Fsp3) is 0.0244. The molecule has 206 valence electrons. The summed E-state index contributed by atoms with van der Waals surface area (Å²) in [6, 6.07) is 53.6. The van der Waals surface area contributed by atoms with Crippen LogP contribution in [0.2, 0.25) is 0 Å². The van der Waals surface area contributed by atoms with Crippen LogP contribution in [0, 0.1) is 0 Å². The maximum atomic E-state index is 4.27. The number of fused-ring (bicyclic) bond motifs is 2. The Morgan fingerprint density at radius 3 is 1.81 bits per heavy atom. The van der Waals surface area contributed by atoms with Crippen LogP contribution in [0.5, 0.6) is 0 Å².